The lowest BCUT2D eigenvalue weighted by Gasteiger charge is -2.32. The van der Waals surface area contributed by atoms with Gasteiger partial charge < -0.3 is 14.0 Å². The molecule has 0 aromatic heterocycles. The van der Waals surface area contributed by atoms with Crippen LogP contribution in [0.5, 0.6) is 0 Å². The van der Waals surface area contributed by atoms with Crippen LogP contribution in [0, 0.1) is 11.8 Å². The fourth-order valence-corrected chi connectivity index (χ4v) is 3.43. The van der Waals surface area contributed by atoms with Gasteiger partial charge in [-0.2, -0.15) is 0 Å². The molecular weight excluding hydrogens is 321 g/mol. The molecule has 0 aromatic carbocycles. The number of amides is 2. The molecule has 2 fully saturated rings. The fraction of sp³-hybridized carbons (Fsp3) is 0.889. The van der Waals surface area contributed by atoms with Gasteiger partial charge >= 0.3 is 13.2 Å². The molecule has 0 radical (unpaired) electrons. The smallest absolute Gasteiger partial charge is 0.447 e. The second-order valence-corrected chi connectivity index (χ2v) is 8.58. The largest absolute Gasteiger partial charge is 0.461 e. The van der Waals surface area contributed by atoms with Gasteiger partial charge in [0.15, 0.2) is 0 Å². The first kappa shape index (κ1) is 20.2. The van der Waals surface area contributed by atoms with Crippen LogP contribution in [0.15, 0.2) is 0 Å². The van der Waals surface area contributed by atoms with Crippen molar-refractivity contribution in [2.45, 2.75) is 84.9 Å². The number of cyclic esters (lactones) is 1. The number of rotatable bonds is 5. The Balaban J connectivity index is 2.18. The number of hydrogen-bond donors (Lipinski definition) is 0. The molecule has 0 unspecified atom stereocenters. The van der Waals surface area contributed by atoms with E-state index in [2.05, 4.69) is 0 Å². The van der Waals surface area contributed by atoms with E-state index in [1.54, 1.807) is 0 Å². The SMILES string of the molecule is CC[C@@H](B1OC(C)(C)C(C)(C)O1)[C@H](C)C(=O)N1C(=O)OC[C@@H]1C(C)C. The molecule has 2 rings (SSSR count). The van der Waals surface area contributed by atoms with Gasteiger partial charge in [-0.15, -0.1) is 0 Å². The van der Waals surface area contributed by atoms with Crippen LogP contribution in [-0.4, -0.2) is 47.9 Å². The molecule has 2 heterocycles. The molecule has 0 saturated carbocycles. The van der Waals surface area contributed by atoms with Crippen LogP contribution < -0.4 is 0 Å². The van der Waals surface area contributed by atoms with Crippen LogP contribution in [0.4, 0.5) is 4.79 Å². The second-order valence-electron chi connectivity index (χ2n) is 8.58. The van der Waals surface area contributed by atoms with Crippen molar-refractivity contribution < 1.29 is 23.6 Å². The molecule has 2 aliphatic heterocycles. The molecule has 2 amide bonds. The molecule has 0 aliphatic carbocycles. The van der Waals surface area contributed by atoms with E-state index in [1.165, 1.54) is 4.90 Å². The van der Waals surface area contributed by atoms with Crippen molar-refractivity contribution in [3.63, 3.8) is 0 Å². The minimum Gasteiger partial charge on any atom is -0.447 e. The van der Waals surface area contributed by atoms with E-state index < -0.39 is 30.3 Å². The Hall–Kier alpha value is -1.08. The van der Waals surface area contributed by atoms with Gasteiger partial charge in [-0.25, -0.2) is 9.69 Å². The van der Waals surface area contributed by atoms with Gasteiger partial charge in [-0.3, -0.25) is 4.79 Å². The van der Waals surface area contributed by atoms with E-state index in [4.69, 9.17) is 14.0 Å². The standard InChI is InChI=1S/C18H32BNO5/c1-9-13(19-24-17(5,6)18(7,8)25-19)12(4)15(21)20-14(11(2)3)10-23-16(20)22/h11-14H,9-10H2,1-8H3/t12-,13+,14+/m0/s1. The van der Waals surface area contributed by atoms with E-state index in [0.29, 0.717) is 0 Å². The summed E-state index contributed by atoms with van der Waals surface area (Å²) in [4.78, 5) is 26.5. The molecule has 25 heavy (non-hydrogen) atoms. The summed E-state index contributed by atoms with van der Waals surface area (Å²) in [7, 11) is -0.468. The topological polar surface area (TPSA) is 65.1 Å². The van der Waals surface area contributed by atoms with E-state index in [9.17, 15) is 9.59 Å². The summed E-state index contributed by atoms with van der Waals surface area (Å²) >= 11 is 0. The molecule has 0 spiro atoms. The monoisotopic (exact) mass is 353 g/mol. The van der Waals surface area contributed by atoms with Crippen LogP contribution in [-0.2, 0) is 18.8 Å². The fourth-order valence-electron chi connectivity index (χ4n) is 3.43. The normalized spacial score (nSPS) is 27.6. The Morgan fingerprint density at radius 3 is 2.16 bits per heavy atom. The van der Waals surface area contributed by atoms with Crippen LogP contribution in [0.3, 0.4) is 0 Å². The van der Waals surface area contributed by atoms with Crippen LogP contribution in [0.25, 0.3) is 0 Å². The molecule has 2 aliphatic rings. The van der Waals surface area contributed by atoms with Crippen molar-refractivity contribution in [1.82, 2.24) is 4.90 Å². The van der Waals surface area contributed by atoms with E-state index in [1.807, 2.05) is 55.4 Å². The third-order valence-electron chi connectivity index (χ3n) is 6.04. The molecule has 7 heteroatoms. The van der Waals surface area contributed by atoms with E-state index in [-0.39, 0.29) is 30.3 Å². The maximum absolute atomic E-state index is 13.1. The van der Waals surface area contributed by atoms with E-state index >= 15 is 0 Å². The van der Waals surface area contributed by atoms with Gasteiger partial charge in [0.25, 0.3) is 0 Å². The summed E-state index contributed by atoms with van der Waals surface area (Å²) in [6, 6.07) is -0.210. The molecule has 0 N–H and O–H groups in total. The van der Waals surface area contributed by atoms with Gasteiger partial charge in [0.1, 0.15) is 6.61 Å². The van der Waals surface area contributed by atoms with Gasteiger partial charge in [0.05, 0.1) is 17.2 Å². The first-order valence-electron chi connectivity index (χ1n) is 9.28. The highest BCUT2D eigenvalue weighted by atomic mass is 16.7. The Labute approximate surface area is 151 Å². The van der Waals surface area contributed by atoms with Crippen molar-refractivity contribution in [3.05, 3.63) is 0 Å². The number of ether oxygens (including phenoxy) is 1. The summed E-state index contributed by atoms with van der Waals surface area (Å²) < 4.78 is 17.4. The number of imide groups is 1. The molecule has 6 nitrogen and oxygen atoms in total. The maximum Gasteiger partial charge on any atom is 0.461 e. The van der Waals surface area contributed by atoms with Crippen molar-refractivity contribution in [2.75, 3.05) is 6.61 Å². The van der Waals surface area contributed by atoms with Gasteiger partial charge in [-0.1, -0.05) is 34.1 Å². The Morgan fingerprint density at radius 2 is 1.72 bits per heavy atom. The number of carbonyl (C=O) groups excluding carboxylic acids is 2. The first-order chi connectivity index (χ1) is 11.4. The summed E-state index contributed by atoms with van der Waals surface area (Å²) in [6.07, 6.45) is 0.179. The third kappa shape index (κ3) is 3.58. The average molecular weight is 353 g/mol. The lowest BCUT2D eigenvalue weighted by Crippen LogP contribution is -2.46. The van der Waals surface area contributed by atoms with Gasteiger partial charge in [-0.05, 0) is 33.6 Å². The zero-order valence-electron chi connectivity index (χ0n) is 16.8. The summed E-state index contributed by atoms with van der Waals surface area (Å²) in [5.74, 6) is -0.580. The Kier molecular flexibility index (Phi) is 5.60. The summed E-state index contributed by atoms with van der Waals surface area (Å²) in [6.45, 7) is 16.1. The van der Waals surface area contributed by atoms with Crippen LogP contribution in [0.2, 0.25) is 5.82 Å². The highest BCUT2D eigenvalue weighted by molar-refractivity contribution is 6.48. The summed E-state index contributed by atoms with van der Waals surface area (Å²) in [5.41, 5.74) is -0.887. The molecule has 3 atom stereocenters. The number of hydrogen-bond acceptors (Lipinski definition) is 5. The van der Waals surface area contributed by atoms with Crippen molar-refractivity contribution >= 4 is 19.1 Å². The Morgan fingerprint density at radius 1 is 1.20 bits per heavy atom. The second kappa shape index (κ2) is 6.91. The predicted octanol–water partition coefficient (Wildman–Crippen LogP) is 3.50. The highest BCUT2D eigenvalue weighted by Crippen LogP contribution is 2.43. The molecule has 2 saturated heterocycles. The lowest BCUT2D eigenvalue weighted by molar-refractivity contribution is -0.133. The predicted molar refractivity (Wildman–Crippen MR) is 96.1 cm³/mol. The maximum atomic E-state index is 13.1. The van der Waals surface area contributed by atoms with Crippen LogP contribution >= 0.6 is 0 Å². The van der Waals surface area contributed by atoms with Crippen LogP contribution in [0.1, 0.15) is 61.8 Å². The highest BCUT2D eigenvalue weighted by Gasteiger charge is 2.55. The van der Waals surface area contributed by atoms with Gasteiger partial charge in [0, 0.05) is 11.7 Å². The summed E-state index contributed by atoms with van der Waals surface area (Å²) in [5, 5.41) is 0. The quantitative estimate of drug-likeness (QED) is 0.708. The molecular formula is C18H32BNO5. The van der Waals surface area contributed by atoms with E-state index in [0.717, 1.165) is 6.42 Å². The van der Waals surface area contributed by atoms with Crippen molar-refractivity contribution in [2.24, 2.45) is 11.8 Å². The zero-order valence-corrected chi connectivity index (χ0v) is 16.8. The minimum absolute atomic E-state index is 0.130. The molecule has 0 bridgehead atoms. The minimum atomic E-state index is -0.542. The third-order valence-corrected chi connectivity index (χ3v) is 6.04. The zero-order chi connectivity index (χ0) is 19.2. The Bertz CT molecular complexity index is 518. The first-order valence-corrected chi connectivity index (χ1v) is 9.28. The van der Waals surface area contributed by atoms with Gasteiger partial charge in [0.2, 0.25) is 5.91 Å². The molecule has 142 valence electrons. The number of nitrogens with zero attached hydrogens (tertiary/aromatic N) is 1. The van der Waals surface area contributed by atoms with Crippen molar-refractivity contribution in [1.29, 1.82) is 0 Å². The van der Waals surface area contributed by atoms with Crippen molar-refractivity contribution in [3.8, 4) is 0 Å². The lowest BCUT2D eigenvalue weighted by atomic mass is 9.63. The number of carbonyl (C=O) groups is 2. The molecule has 0 aromatic rings. The average Bonchev–Trinajstić information content (AvgIpc) is 2.96.